The zero-order valence-electron chi connectivity index (χ0n) is 13.9. The number of ether oxygens (including phenoxy) is 1. The van der Waals surface area contributed by atoms with Crippen LogP contribution in [-0.2, 0) is 10.0 Å². The zero-order chi connectivity index (χ0) is 17.5. The number of hydrogen-bond acceptors (Lipinski definition) is 5. The molecule has 7 heteroatoms. The van der Waals surface area contributed by atoms with Crippen LogP contribution in [0.2, 0.25) is 0 Å². The van der Waals surface area contributed by atoms with Gasteiger partial charge in [0.25, 0.3) is 10.0 Å². The largest absolute Gasteiger partial charge is 0.495 e. The SMILES string of the molecule is COc1cc(C)c(C)cc1S(=O)(=O)Nc1ccc2nc(C)oc2c1. The second kappa shape index (κ2) is 5.83. The maximum Gasteiger partial charge on any atom is 0.265 e. The summed E-state index contributed by atoms with van der Waals surface area (Å²) in [5.74, 6) is 0.836. The van der Waals surface area contributed by atoms with Gasteiger partial charge < -0.3 is 9.15 Å². The van der Waals surface area contributed by atoms with Crippen LogP contribution >= 0.6 is 0 Å². The lowest BCUT2D eigenvalue weighted by Crippen LogP contribution is -2.14. The van der Waals surface area contributed by atoms with E-state index in [1.165, 1.54) is 7.11 Å². The van der Waals surface area contributed by atoms with E-state index in [-0.39, 0.29) is 4.90 Å². The summed E-state index contributed by atoms with van der Waals surface area (Å²) in [5, 5.41) is 0. The first-order chi connectivity index (χ1) is 11.3. The molecule has 0 saturated heterocycles. The van der Waals surface area contributed by atoms with Crippen molar-refractivity contribution in [1.29, 1.82) is 0 Å². The van der Waals surface area contributed by atoms with Crippen molar-refractivity contribution < 1.29 is 17.6 Å². The highest BCUT2D eigenvalue weighted by molar-refractivity contribution is 7.92. The van der Waals surface area contributed by atoms with Gasteiger partial charge in [-0.05, 0) is 49.2 Å². The van der Waals surface area contributed by atoms with E-state index in [0.29, 0.717) is 28.4 Å². The lowest BCUT2D eigenvalue weighted by molar-refractivity contribution is 0.402. The monoisotopic (exact) mass is 346 g/mol. The van der Waals surface area contributed by atoms with Crippen molar-refractivity contribution in [2.75, 3.05) is 11.8 Å². The number of sulfonamides is 1. The van der Waals surface area contributed by atoms with Gasteiger partial charge in [-0.2, -0.15) is 0 Å². The minimum Gasteiger partial charge on any atom is -0.495 e. The van der Waals surface area contributed by atoms with E-state index in [4.69, 9.17) is 9.15 Å². The normalized spacial score (nSPS) is 11.7. The summed E-state index contributed by atoms with van der Waals surface area (Å²) in [6.07, 6.45) is 0. The molecule has 126 valence electrons. The molecule has 2 aromatic carbocycles. The van der Waals surface area contributed by atoms with Crippen molar-refractivity contribution in [2.24, 2.45) is 0 Å². The summed E-state index contributed by atoms with van der Waals surface area (Å²) in [6.45, 7) is 5.50. The first-order valence-electron chi connectivity index (χ1n) is 7.35. The van der Waals surface area contributed by atoms with Crippen LogP contribution in [0.1, 0.15) is 17.0 Å². The quantitative estimate of drug-likeness (QED) is 0.781. The summed E-state index contributed by atoms with van der Waals surface area (Å²) in [4.78, 5) is 4.29. The number of fused-ring (bicyclic) bond motifs is 1. The molecule has 0 aliphatic carbocycles. The van der Waals surface area contributed by atoms with Gasteiger partial charge in [-0.15, -0.1) is 0 Å². The Bertz CT molecular complexity index is 1020. The number of benzene rings is 2. The van der Waals surface area contributed by atoms with Crippen LogP contribution in [0.25, 0.3) is 11.1 Å². The smallest absolute Gasteiger partial charge is 0.265 e. The van der Waals surface area contributed by atoms with Gasteiger partial charge >= 0.3 is 0 Å². The fourth-order valence-corrected chi connectivity index (χ4v) is 3.73. The molecule has 0 radical (unpaired) electrons. The van der Waals surface area contributed by atoms with Crippen LogP contribution in [0.15, 0.2) is 39.6 Å². The number of nitrogens with zero attached hydrogens (tertiary/aromatic N) is 1. The molecule has 0 aliphatic rings. The average Bonchev–Trinajstić information content (AvgIpc) is 2.88. The first kappa shape index (κ1) is 16.3. The Kier molecular flexibility index (Phi) is 3.96. The molecule has 0 fully saturated rings. The van der Waals surface area contributed by atoms with Crippen molar-refractivity contribution in [1.82, 2.24) is 4.98 Å². The second-order valence-electron chi connectivity index (χ2n) is 5.61. The summed E-state index contributed by atoms with van der Waals surface area (Å²) in [5.41, 5.74) is 3.44. The van der Waals surface area contributed by atoms with Gasteiger partial charge in [-0.1, -0.05) is 0 Å². The molecule has 0 unspecified atom stereocenters. The average molecular weight is 346 g/mol. The number of rotatable bonds is 4. The van der Waals surface area contributed by atoms with Crippen molar-refractivity contribution in [3.8, 4) is 5.75 Å². The number of oxazole rings is 1. The van der Waals surface area contributed by atoms with Crippen molar-refractivity contribution in [2.45, 2.75) is 25.7 Å². The number of anilines is 1. The number of nitrogens with one attached hydrogen (secondary N) is 1. The molecule has 0 bridgehead atoms. The maximum absolute atomic E-state index is 12.7. The van der Waals surface area contributed by atoms with Crippen molar-refractivity contribution in [3.63, 3.8) is 0 Å². The van der Waals surface area contributed by atoms with E-state index in [1.807, 2.05) is 13.8 Å². The molecule has 6 nitrogen and oxygen atoms in total. The number of methoxy groups -OCH3 is 1. The molecule has 0 saturated carbocycles. The molecule has 0 spiro atoms. The summed E-state index contributed by atoms with van der Waals surface area (Å²) in [6, 6.07) is 8.29. The highest BCUT2D eigenvalue weighted by atomic mass is 32.2. The van der Waals surface area contributed by atoms with Gasteiger partial charge in [0.15, 0.2) is 11.5 Å². The molecule has 0 aliphatic heterocycles. The highest BCUT2D eigenvalue weighted by Crippen LogP contribution is 2.29. The lowest BCUT2D eigenvalue weighted by atomic mass is 10.1. The van der Waals surface area contributed by atoms with Crippen LogP contribution in [-0.4, -0.2) is 20.5 Å². The van der Waals surface area contributed by atoms with Gasteiger partial charge in [0.05, 0.1) is 12.8 Å². The minimum absolute atomic E-state index is 0.0990. The van der Waals surface area contributed by atoms with Crippen molar-refractivity contribution in [3.05, 3.63) is 47.3 Å². The van der Waals surface area contributed by atoms with Crippen LogP contribution in [0.4, 0.5) is 5.69 Å². The van der Waals surface area contributed by atoms with E-state index in [9.17, 15) is 8.42 Å². The van der Waals surface area contributed by atoms with E-state index in [1.54, 1.807) is 37.3 Å². The molecule has 0 atom stereocenters. The van der Waals surface area contributed by atoms with Gasteiger partial charge in [-0.3, -0.25) is 4.72 Å². The van der Waals surface area contributed by atoms with E-state index in [2.05, 4.69) is 9.71 Å². The summed E-state index contributed by atoms with van der Waals surface area (Å²) < 4.78 is 38.7. The van der Waals surface area contributed by atoms with Gasteiger partial charge in [0, 0.05) is 13.0 Å². The predicted octanol–water partition coefficient (Wildman–Crippen LogP) is 3.56. The third-order valence-electron chi connectivity index (χ3n) is 3.82. The number of aromatic nitrogens is 1. The maximum atomic E-state index is 12.7. The molecule has 1 N–H and O–H groups in total. The first-order valence-corrected chi connectivity index (χ1v) is 8.84. The topological polar surface area (TPSA) is 81.4 Å². The molecular weight excluding hydrogens is 328 g/mol. The number of hydrogen-bond donors (Lipinski definition) is 1. The zero-order valence-corrected chi connectivity index (χ0v) is 14.7. The fourth-order valence-electron chi connectivity index (χ4n) is 2.45. The molecule has 3 aromatic rings. The van der Waals surface area contributed by atoms with Gasteiger partial charge in [0.1, 0.15) is 16.2 Å². The van der Waals surface area contributed by atoms with Crippen LogP contribution in [0.3, 0.4) is 0 Å². The van der Waals surface area contributed by atoms with E-state index >= 15 is 0 Å². The number of aryl methyl sites for hydroxylation is 3. The Labute approximate surface area is 140 Å². The van der Waals surface area contributed by atoms with E-state index < -0.39 is 10.0 Å². The van der Waals surface area contributed by atoms with Crippen LogP contribution < -0.4 is 9.46 Å². The standard InChI is InChI=1S/C17H18N2O4S/c1-10-7-16(22-4)17(8-11(10)2)24(20,21)19-13-5-6-14-15(9-13)23-12(3)18-14/h5-9,19H,1-4H3. The Balaban J connectivity index is 2.02. The Morgan fingerprint density at radius 1 is 1.08 bits per heavy atom. The van der Waals surface area contributed by atoms with E-state index in [0.717, 1.165) is 11.1 Å². The molecule has 3 rings (SSSR count). The second-order valence-corrected chi connectivity index (χ2v) is 7.26. The van der Waals surface area contributed by atoms with Crippen molar-refractivity contribution >= 4 is 26.8 Å². The molecule has 1 heterocycles. The Morgan fingerprint density at radius 2 is 1.79 bits per heavy atom. The molecular formula is C17H18N2O4S. The highest BCUT2D eigenvalue weighted by Gasteiger charge is 2.21. The van der Waals surface area contributed by atoms with Crippen LogP contribution in [0, 0.1) is 20.8 Å². The van der Waals surface area contributed by atoms with Gasteiger partial charge in [-0.25, -0.2) is 13.4 Å². The minimum atomic E-state index is -3.79. The van der Waals surface area contributed by atoms with Gasteiger partial charge in [0.2, 0.25) is 0 Å². The Hall–Kier alpha value is -2.54. The Morgan fingerprint density at radius 3 is 2.50 bits per heavy atom. The summed E-state index contributed by atoms with van der Waals surface area (Å²) in [7, 11) is -2.34. The lowest BCUT2D eigenvalue weighted by Gasteiger charge is -2.13. The third-order valence-corrected chi connectivity index (χ3v) is 5.22. The molecule has 1 aromatic heterocycles. The fraction of sp³-hybridized carbons (Fsp3) is 0.235. The molecule has 24 heavy (non-hydrogen) atoms. The molecule has 0 amide bonds. The third kappa shape index (κ3) is 2.94. The predicted molar refractivity (Wildman–Crippen MR) is 92.0 cm³/mol. The summed E-state index contributed by atoms with van der Waals surface area (Å²) >= 11 is 0. The van der Waals surface area contributed by atoms with Crippen LogP contribution in [0.5, 0.6) is 5.75 Å².